The summed E-state index contributed by atoms with van der Waals surface area (Å²) < 4.78 is 0. The standard InChI is InChI=1S/C20H18ClN3O/c1-13-5-7-14(8-6-13)20(25)24-10-9-18-17(12-24)19(23-22-18)15-3-2-4-16(21)11-15/h2-8,11H,9-10,12H2,1H3,(H,22,23). The summed E-state index contributed by atoms with van der Waals surface area (Å²) in [6, 6.07) is 15.4. The lowest BCUT2D eigenvalue weighted by Gasteiger charge is -2.27. The minimum atomic E-state index is 0.0592. The van der Waals surface area contributed by atoms with E-state index in [4.69, 9.17) is 11.6 Å². The lowest BCUT2D eigenvalue weighted by atomic mass is 10.0. The van der Waals surface area contributed by atoms with Gasteiger partial charge in [-0.3, -0.25) is 9.89 Å². The predicted octanol–water partition coefficient (Wildman–Crippen LogP) is 4.24. The fourth-order valence-electron chi connectivity index (χ4n) is 3.22. The van der Waals surface area contributed by atoms with E-state index < -0.39 is 0 Å². The van der Waals surface area contributed by atoms with Crippen LogP contribution in [-0.4, -0.2) is 27.5 Å². The predicted molar refractivity (Wildman–Crippen MR) is 98.7 cm³/mol. The smallest absolute Gasteiger partial charge is 0.254 e. The van der Waals surface area contributed by atoms with Gasteiger partial charge in [0.15, 0.2) is 0 Å². The van der Waals surface area contributed by atoms with E-state index in [0.717, 1.165) is 40.1 Å². The number of nitrogens with zero attached hydrogens (tertiary/aromatic N) is 2. The van der Waals surface area contributed by atoms with Crippen LogP contribution < -0.4 is 0 Å². The first-order valence-corrected chi connectivity index (χ1v) is 8.67. The molecular weight excluding hydrogens is 334 g/mol. The number of fused-ring (bicyclic) bond motifs is 1. The van der Waals surface area contributed by atoms with Gasteiger partial charge in [0.05, 0.1) is 5.69 Å². The number of amides is 1. The van der Waals surface area contributed by atoms with Gasteiger partial charge in [0, 0.05) is 46.9 Å². The van der Waals surface area contributed by atoms with Crippen LogP contribution in [0.15, 0.2) is 48.5 Å². The SMILES string of the molecule is Cc1ccc(C(=O)N2CCc3[nH]nc(-c4cccc(Cl)c4)c3C2)cc1. The Balaban J connectivity index is 1.63. The lowest BCUT2D eigenvalue weighted by Crippen LogP contribution is -2.35. The van der Waals surface area contributed by atoms with Gasteiger partial charge in [-0.05, 0) is 31.2 Å². The van der Waals surface area contributed by atoms with Gasteiger partial charge in [-0.1, -0.05) is 41.4 Å². The fourth-order valence-corrected chi connectivity index (χ4v) is 3.41. The average molecular weight is 352 g/mol. The molecule has 2 aromatic carbocycles. The van der Waals surface area contributed by atoms with Crippen molar-refractivity contribution < 1.29 is 4.79 Å². The Morgan fingerprint density at radius 2 is 2.00 bits per heavy atom. The number of carbonyl (C=O) groups excluding carboxylic acids is 1. The molecule has 1 N–H and O–H groups in total. The minimum Gasteiger partial charge on any atom is -0.334 e. The van der Waals surface area contributed by atoms with Crippen molar-refractivity contribution >= 4 is 17.5 Å². The first-order chi connectivity index (χ1) is 12.1. The van der Waals surface area contributed by atoms with Gasteiger partial charge in [0.1, 0.15) is 0 Å². The van der Waals surface area contributed by atoms with Crippen LogP contribution in [0.5, 0.6) is 0 Å². The Bertz CT molecular complexity index is 930. The van der Waals surface area contributed by atoms with Crippen LogP contribution in [0.3, 0.4) is 0 Å². The number of aromatic nitrogens is 2. The molecule has 1 aliphatic heterocycles. The molecule has 5 heteroatoms. The molecular formula is C20H18ClN3O. The lowest BCUT2D eigenvalue weighted by molar-refractivity contribution is 0.0734. The van der Waals surface area contributed by atoms with Crippen molar-refractivity contribution in [2.45, 2.75) is 19.9 Å². The van der Waals surface area contributed by atoms with E-state index in [1.54, 1.807) is 0 Å². The molecule has 1 amide bonds. The van der Waals surface area contributed by atoms with Crippen molar-refractivity contribution in [2.75, 3.05) is 6.54 Å². The van der Waals surface area contributed by atoms with Gasteiger partial charge >= 0.3 is 0 Å². The van der Waals surface area contributed by atoms with Gasteiger partial charge in [0.2, 0.25) is 0 Å². The summed E-state index contributed by atoms with van der Waals surface area (Å²) in [4.78, 5) is 14.7. The van der Waals surface area contributed by atoms with Crippen LogP contribution in [0.25, 0.3) is 11.3 Å². The summed E-state index contributed by atoms with van der Waals surface area (Å²) in [6.07, 6.45) is 0.778. The monoisotopic (exact) mass is 351 g/mol. The number of aryl methyl sites for hydroxylation is 1. The van der Waals surface area contributed by atoms with Crippen molar-refractivity contribution in [2.24, 2.45) is 0 Å². The van der Waals surface area contributed by atoms with Crippen molar-refractivity contribution in [3.8, 4) is 11.3 Å². The molecule has 0 spiro atoms. The van der Waals surface area contributed by atoms with E-state index in [1.807, 2.05) is 60.4 Å². The van der Waals surface area contributed by atoms with E-state index in [9.17, 15) is 4.79 Å². The summed E-state index contributed by atoms with van der Waals surface area (Å²) in [5.41, 5.74) is 5.89. The molecule has 0 atom stereocenters. The molecule has 0 fully saturated rings. The van der Waals surface area contributed by atoms with E-state index in [2.05, 4.69) is 10.2 Å². The number of carbonyl (C=O) groups is 1. The van der Waals surface area contributed by atoms with Gasteiger partial charge in [-0.2, -0.15) is 5.10 Å². The Morgan fingerprint density at radius 1 is 1.20 bits per heavy atom. The second-order valence-corrected chi connectivity index (χ2v) is 6.82. The van der Waals surface area contributed by atoms with Gasteiger partial charge in [-0.25, -0.2) is 0 Å². The topological polar surface area (TPSA) is 49.0 Å². The molecule has 0 aliphatic carbocycles. The van der Waals surface area contributed by atoms with Gasteiger partial charge in [0.25, 0.3) is 5.91 Å². The molecule has 126 valence electrons. The second kappa shape index (κ2) is 6.37. The highest BCUT2D eigenvalue weighted by Crippen LogP contribution is 2.30. The van der Waals surface area contributed by atoms with Crippen LogP contribution in [0.2, 0.25) is 5.02 Å². The molecule has 4 rings (SSSR count). The number of aromatic amines is 1. The van der Waals surface area contributed by atoms with Crippen LogP contribution in [0.1, 0.15) is 27.2 Å². The van der Waals surface area contributed by atoms with Crippen molar-refractivity contribution in [3.63, 3.8) is 0 Å². The largest absolute Gasteiger partial charge is 0.334 e. The molecule has 25 heavy (non-hydrogen) atoms. The number of hydrogen-bond acceptors (Lipinski definition) is 2. The highest BCUT2D eigenvalue weighted by Gasteiger charge is 2.26. The van der Waals surface area contributed by atoms with Crippen LogP contribution >= 0.6 is 11.6 Å². The average Bonchev–Trinajstić information content (AvgIpc) is 3.05. The van der Waals surface area contributed by atoms with E-state index >= 15 is 0 Å². The zero-order valence-electron chi connectivity index (χ0n) is 13.9. The Morgan fingerprint density at radius 3 is 2.76 bits per heavy atom. The van der Waals surface area contributed by atoms with E-state index in [1.165, 1.54) is 0 Å². The van der Waals surface area contributed by atoms with Gasteiger partial charge in [-0.15, -0.1) is 0 Å². The normalized spacial score (nSPS) is 13.6. The van der Waals surface area contributed by atoms with Crippen molar-refractivity contribution in [1.29, 1.82) is 0 Å². The number of H-pyrrole nitrogens is 1. The Kier molecular flexibility index (Phi) is 4.06. The third-order valence-corrected chi connectivity index (χ3v) is 4.85. The van der Waals surface area contributed by atoms with Crippen LogP contribution in [0, 0.1) is 6.92 Å². The molecule has 0 bridgehead atoms. The summed E-state index contributed by atoms with van der Waals surface area (Å²) in [5.74, 6) is 0.0592. The number of rotatable bonds is 2. The number of nitrogens with one attached hydrogen (secondary N) is 1. The summed E-state index contributed by atoms with van der Waals surface area (Å²) in [6.45, 7) is 3.27. The molecule has 2 heterocycles. The molecule has 3 aromatic rings. The minimum absolute atomic E-state index is 0.0592. The molecule has 0 saturated heterocycles. The van der Waals surface area contributed by atoms with E-state index in [0.29, 0.717) is 18.1 Å². The zero-order chi connectivity index (χ0) is 17.4. The second-order valence-electron chi connectivity index (χ2n) is 6.38. The third-order valence-electron chi connectivity index (χ3n) is 4.62. The fraction of sp³-hybridized carbons (Fsp3) is 0.200. The molecule has 0 unspecified atom stereocenters. The third kappa shape index (κ3) is 3.05. The first-order valence-electron chi connectivity index (χ1n) is 8.30. The van der Waals surface area contributed by atoms with Crippen molar-refractivity contribution in [3.05, 3.63) is 75.9 Å². The highest BCUT2D eigenvalue weighted by atomic mass is 35.5. The molecule has 0 radical (unpaired) electrons. The number of hydrogen-bond donors (Lipinski definition) is 1. The molecule has 4 nitrogen and oxygen atoms in total. The number of benzene rings is 2. The zero-order valence-corrected chi connectivity index (χ0v) is 14.7. The molecule has 1 aliphatic rings. The maximum absolute atomic E-state index is 12.8. The first kappa shape index (κ1) is 15.9. The quantitative estimate of drug-likeness (QED) is 0.750. The summed E-state index contributed by atoms with van der Waals surface area (Å²) >= 11 is 6.11. The Hall–Kier alpha value is -2.59. The van der Waals surface area contributed by atoms with Crippen molar-refractivity contribution in [1.82, 2.24) is 15.1 Å². The maximum atomic E-state index is 12.8. The Labute approximate surface area is 151 Å². The van der Waals surface area contributed by atoms with Gasteiger partial charge < -0.3 is 4.90 Å². The summed E-state index contributed by atoms with van der Waals surface area (Å²) in [5, 5.41) is 8.26. The molecule has 0 saturated carbocycles. The van der Waals surface area contributed by atoms with E-state index in [-0.39, 0.29) is 5.91 Å². The molecule has 1 aromatic heterocycles. The number of halogens is 1. The van der Waals surface area contributed by atoms with Crippen LogP contribution in [0.4, 0.5) is 0 Å². The van der Waals surface area contributed by atoms with Crippen LogP contribution in [-0.2, 0) is 13.0 Å². The highest BCUT2D eigenvalue weighted by molar-refractivity contribution is 6.30. The maximum Gasteiger partial charge on any atom is 0.254 e. The summed E-state index contributed by atoms with van der Waals surface area (Å²) in [7, 11) is 0.